The molecule has 0 bridgehead atoms. The Hall–Kier alpha value is -2.42. The third kappa shape index (κ3) is 5.53. The summed E-state index contributed by atoms with van der Waals surface area (Å²) in [5.74, 6) is -0.675. The van der Waals surface area contributed by atoms with E-state index in [4.69, 9.17) is 11.6 Å². The Balaban J connectivity index is 2.05. The molecule has 0 atom stereocenters. The lowest BCUT2D eigenvalue weighted by Gasteiger charge is -2.17. The molecule has 144 valence electrons. The van der Waals surface area contributed by atoms with E-state index in [0.717, 1.165) is 9.87 Å². The van der Waals surface area contributed by atoms with E-state index < -0.39 is 15.9 Å². The predicted molar refractivity (Wildman–Crippen MR) is 105 cm³/mol. The van der Waals surface area contributed by atoms with E-state index in [2.05, 4.69) is 10.6 Å². The molecule has 0 aromatic heterocycles. The van der Waals surface area contributed by atoms with E-state index >= 15 is 0 Å². The number of aryl methyl sites for hydroxylation is 1. The molecule has 27 heavy (non-hydrogen) atoms. The zero-order valence-corrected chi connectivity index (χ0v) is 16.7. The van der Waals surface area contributed by atoms with Crippen LogP contribution in [0.4, 0.5) is 11.4 Å². The number of rotatable bonds is 6. The van der Waals surface area contributed by atoms with Gasteiger partial charge in [0.15, 0.2) is 0 Å². The molecule has 0 fully saturated rings. The van der Waals surface area contributed by atoms with Crippen LogP contribution in [-0.2, 0) is 19.6 Å². The quantitative estimate of drug-likeness (QED) is 0.766. The number of benzene rings is 2. The van der Waals surface area contributed by atoms with Crippen molar-refractivity contribution in [3.63, 3.8) is 0 Å². The summed E-state index contributed by atoms with van der Waals surface area (Å²) in [5.41, 5.74) is 1.91. The highest BCUT2D eigenvalue weighted by atomic mass is 35.5. The highest BCUT2D eigenvalue weighted by Gasteiger charge is 2.23. The van der Waals surface area contributed by atoms with Crippen molar-refractivity contribution in [2.24, 2.45) is 0 Å². The number of hydrogen-bond donors (Lipinski definition) is 2. The summed E-state index contributed by atoms with van der Waals surface area (Å²) in [6.45, 7) is 2.85. The molecule has 2 amide bonds. The van der Waals surface area contributed by atoms with Crippen LogP contribution in [0.1, 0.15) is 12.5 Å². The van der Waals surface area contributed by atoms with Gasteiger partial charge < -0.3 is 10.6 Å². The lowest BCUT2D eigenvalue weighted by Crippen LogP contribution is -2.34. The van der Waals surface area contributed by atoms with Crippen LogP contribution in [0.25, 0.3) is 0 Å². The van der Waals surface area contributed by atoms with E-state index in [0.29, 0.717) is 16.4 Å². The molecule has 0 aliphatic heterocycles. The molecule has 0 heterocycles. The van der Waals surface area contributed by atoms with E-state index in [1.807, 2.05) is 0 Å². The number of hydrogen-bond acceptors (Lipinski definition) is 4. The van der Waals surface area contributed by atoms with Gasteiger partial charge in [0.1, 0.15) is 0 Å². The number of amides is 2. The van der Waals surface area contributed by atoms with E-state index in [-0.39, 0.29) is 17.3 Å². The summed E-state index contributed by atoms with van der Waals surface area (Å²) in [4.78, 5) is 23.4. The number of nitrogens with zero attached hydrogens (tertiary/aromatic N) is 1. The Morgan fingerprint density at radius 1 is 1.07 bits per heavy atom. The summed E-state index contributed by atoms with van der Waals surface area (Å²) in [5, 5.41) is 5.75. The van der Waals surface area contributed by atoms with Crippen molar-refractivity contribution in [3.8, 4) is 0 Å². The predicted octanol–water partition coefficient (Wildman–Crippen LogP) is 2.87. The van der Waals surface area contributed by atoms with Crippen molar-refractivity contribution in [3.05, 3.63) is 53.1 Å². The Bertz CT molecular complexity index is 959. The maximum atomic E-state index is 12.5. The number of nitrogens with one attached hydrogen (secondary N) is 2. The van der Waals surface area contributed by atoms with Crippen LogP contribution in [0.2, 0.25) is 5.02 Å². The Kier molecular flexibility index (Phi) is 6.59. The average Bonchev–Trinajstić information content (AvgIpc) is 2.57. The van der Waals surface area contributed by atoms with Gasteiger partial charge in [-0.1, -0.05) is 11.6 Å². The lowest BCUT2D eigenvalue weighted by atomic mass is 10.1. The SMILES string of the molecule is CC(=O)Nc1ccc(NC(=O)CN(C)S(=O)(=O)c2ccc(Cl)cc2)cc1C. The summed E-state index contributed by atoms with van der Waals surface area (Å²) in [6.07, 6.45) is 0. The van der Waals surface area contributed by atoms with Crippen molar-refractivity contribution in [1.82, 2.24) is 4.31 Å². The van der Waals surface area contributed by atoms with Crippen molar-refractivity contribution < 1.29 is 18.0 Å². The van der Waals surface area contributed by atoms with Gasteiger partial charge in [0.2, 0.25) is 21.8 Å². The van der Waals surface area contributed by atoms with Crippen molar-refractivity contribution in [2.75, 3.05) is 24.2 Å². The Labute approximate surface area is 163 Å². The second-order valence-corrected chi connectivity index (χ2v) is 8.46. The molecule has 0 saturated heterocycles. The number of halogens is 1. The normalized spacial score (nSPS) is 11.3. The minimum atomic E-state index is -3.81. The molecule has 0 aliphatic rings. The lowest BCUT2D eigenvalue weighted by molar-refractivity contribution is -0.116. The van der Waals surface area contributed by atoms with E-state index in [1.54, 1.807) is 25.1 Å². The van der Waals surface area contributed by atoms with Crippen molar-refractivity contribution >= 4 is 44.8 Å². The third-order valence-corrected chi connectivity index (χ3v) is 5.78. The molecule has 2 aromatic rings. The zero-order valence-electron chi connectivity index (χ0n) is 15.1. The van der Waals surface area contributed by atoms with Gasteiger partial charge in [-0.2, -0.15) is 4.31 Å². The number of sulfonamides is 1. The van der Waals surface area contributed by atoms with Gasteiger partial charge >= 0.3 is 0 Å². The number of carbonyl (C=O) groups excluding carboxylic acids is 2. The fourth-order valence-corrected chi connectivity index (χ4v) is 3.60. The molecule has 0 aliphatic carbocycles. The number of anilines is 2. The maximum Gasteiger partial charge on any atom is 0.243 e. The molecule has 0 saturated carbocycles. The van der Waals surface area contributed by atoms with Gasteiger partial charge in [0, 0.05) is 30.4 Å². The van der Waals surface area contributed by atoms with Gasteiger partial charge in [-0.25, -0.2) is 8.42 Å². The van der Waals surface area contributed by atoms with E-state index in [9.17, 15) is 18.0 Å². The summed E-state index contributed by atoms with van der Waals surface area (Å²) < 4.78 is 26.0. The topological polar surface area (TPSA) is 95.6 Å². The average molecular weight is 410 g/mol. The molecule has 9 heteroatoms. The molecule has 2 N–H and O–H groups in total. The minimum absolute atomic E-state index is 0.0534. The molecular formula is C18H20ClN3O4S. The minimum Gasteiger partial charge on any atom is -0.326 e. The van der Waals surface area contributed by atoms with Gasteiger partial charge in [-0.15, -0.1) is 0 Å². The second kappa shape index (κ2) is 8.51. The fraction of sp³-hybridized carbons (Fsp3) is 0.222. The highest BCUT2D eigenvalue weighted by Crippen LogP contribution is 2.20. The van der Waals surface area contributed by atoms with Gasteiger partial charge in [0.25, 0.3) is 0 Å². The van der Waals surface area contributed by atoms with Crippen LogP contribution in [0.5, 0.6) is 0 Å². The standard InChI is InChI=1S/C18H20ClN3O4S/c1-12-10-15(6-9-17(12)20-13(2)23)21-18(24)11-22(3)27(25,26)16-7-4-14(19)5-8-16/h4-10H,11H2,1-3H3,(H,20,23)(H,21,24). The van der Waals surface area contributed by atoms with Gasteiger partial charge in [0.05, 0.1) is 11.4 Å². The number of likely N-dealkylation sites (N-methyl/N-ethyl adjacent to an activating group) is 1. The Morgan fingerprint density at radius 3 is 2.26 bits per heavy atom. The van der Waals surface area contributed by atoms with Crippen molar-refractivity contribution in [2.45, 2.75) is 18.7 Å². The molecule has 2 rings (SSSR count). The van der Waals surface area contributed by atoms with Crippen LogP contribution in [0, 0.1) is 6.92 Å². The number of carbonyl (C=O) groups is 2. The smallest absolute Gasteiger partial charge is 0.243 e. The van der Waals surface area contributed by atoms with E-state index in [1.165, 1.54) is 38.2 Å². The van der Waals surface area contributed by atoms with Gasteiger partial charge in [-0.3, -0.25) is 9.59 Å². The van der Waals surface area contributed by atoms with Gasteiger partial charge in [-0.05, 0) is 55.0 Å². The van der Waals surface area contributed by atoms with Crippen molar-refractivity contribution in [1.29, 1.82) is 0 Å². The van der Waals surface area contributed by atoms with Crippen LogP contribution < -0.4 is 10.6 Å². The third-order valence-electron chi connectivity index (χ3n) is 3.71. The van der Waals surface area contributed by atoms with Crippen LogP contribution in [0.15, 0.2) is 47.4 Å². The first-order valence-corrected chi connectivity index (χ1v) is 9.81. The molecule has 0 unspecified atom stereocenters. The highest BCUT2D eigenvalue weighted by molar-refractivity contribution is 7.89. The Morgan fingerprint density at radius 2 is 1.70 bits per heavy atom. The monoisotopic (exact) mass is 409 g/mol. The molecule has 0 spiro atoms. The first kappa shape index (κ1) is 20.9. The first-order valence-electron chi connectivity index (χ1n) is 7.99. The van der Waals surface area contributed by atoms with Crippen LogP contribution in [-0.4, -0.2) is 38.1 Å². The molecule has 7 nitrogen and oxygen atoms in total. The zero-order chi connectivity index (χ0) is 20.2. The molecular weight excluding hydrogens is 390 g/mol. The fourth-order valence-electron chi connectivity index (χ4n) is 2.35. The first-order chi connectivity index (χ1) is 12.6. The second-order valence-electron chi connectivity index (χ2n) is 5.97. The largest absolute Gasteiger partial charge is 0.326 e. The molecule has 0 radical (unpaired) electrons. The summed E-state index contributed by atoms with van der Waals surface area (Å²) in [7, 11) is -2.48. The molecule has 2 aromatic carbocycles. The van der Waals surface area contributed by atoms with Crippen LogP contribution >= 0.6 is 11.6 Å². The van der Waals surface area contributed by atoms with Crippen LogP contribution in [0.3, 0.4) is 0 Å². The summed E-state index contributed by atoms with van der Waals surface area (Å²) in [6, 6.07) is 10.7. The maximum absolute atomic E-state index is 12.5. The summed E-state index contributed by atoms with van der Waals surface area (Å²) >= 11 is 5.77.